The van der Waals surface area contributed by atoms with Crippen LogP contribution in [0.5, 0.6) is 0 Å². The Hall–Kier alpha value is -2.38. The molecule has 4 rings (SSSR count). The number of hydrogen-bond acceptors (Lipinski definition) is 3. The third-order valence-electron chi connectivity index (χ3n) is 4.58. The highest BCUT2D eigenvalue weighted by Gasteiger charge is 2.27. The molecule has 8 heteroatoms. The summed E-state index contributed by atoms with van der Waals surface area (Å²) in [6, 6.07) is 1.62. The number of carbonyl (C=O) groups is 2. The zero-order chi connectivity index (χ0) is 18.8. The molecule has 0 saturated heterocycles. The zero-order valence-electron chi connectivity index (χ0n) is 13.9. The van der Waals surface area contributed by atoms with Gasteiger partial charge in [-0.05, 0) is 36.6 Å². The Labute approximate surface area is 161 Å². The van der Waals surface area contributed by atoms with Crippen LogP contribution in [0.1, 0.15) is 24.2 Å². The summed E-state index contributed by atoms with van der Waals surface area (Å²) in [7, 11) is 0. The lowest BCUT2D eigenvalue weighted by Gasteiger charge is -2.05. The summed E-state index contributed by atoms with van der Waals surface area (Å²) in [5, 5.41) is 20.3. The standard InChI is InChI=1S/C14H14ClFN2.C4H4O4.CH4/c15-13-10(16)7-8-3-6-18-11-2-5-17-4-1-9(11)12(13)14(8)18;5-3(6)1-2-4(7)8;/h7,17H,1-6H2;1-2H,(H,5,6)(H,7,8);1H4/b;2-1-;. The van der Waals surface area contributed by atoms with Gasteiger partial charge in [-0.2, -0.15) is 0 Å². The third kappa shape index (κ3) is 4.14. The molecule has 0 atom stereocenters. The molecule has 0 aliphatic carbocycles. The van der Waals surface area contributed by atoms with Crippen molar-refractivity contribution in [2.45, 2.75) is 33.2 Å². The van der Waals surface area contributed by atoms with Gasteiger partial charge in [0.05, 0.1) is 10.5 Å². The maximum Gasteiger partial charge on any atom is 0.328 e. The molecule has 0 saturated carbocycles. The molecule has 0 radical (unpaired) electrons. The molecule has 1 aromatic carbocycles. The minimum absolute atomic E-state index is 0. The van der Waals surface area contributed by atoms with Crippen molar-refractivity contribution in [1.29, 1.82) is 0 Å². The maximum atomic E-state index is 13.9. The van der Waals surface area contributed by atoms with E-state index in [1.165, 1.54) is 16.8 Å². The van der Waals surface area contributed by atoms with E-state index in [2.05, 4.69) is 9.88 Å². The molecule has 3 N–H and O–H groups in total. The van der Waals surface area contributed by atoms with E-state index in [0.29, 0.717) is 17.2 Å². The van der Waals surface area contributed by atoms with Crippen molar-refractivity contribution in [3.63, 3.8) is 0 Å². The van der Waals surface area contributed by atoms with E-state index in [9.17, 15) is 14.0 Å². The molecule has 0 amide bonds. The van der Waals surface area contributed by atoms with Crippen LogP contribution in [0.15, 0.2) is 18.2 Å². The highest BCUT2D eigenvalue weighted by Crippen LogP contribution is 2.40. The fraction of sp³-hybridized carbons (Fsp3) is 0.368. The topological polar surface area (TPSA) is 91.6 Å². The van der Waals surface area contributed by atoms with E-state index < -0.39 is 11.9 Å². The lowest BCUT2D eigenvalue weighted by molar-refractivity contribution is -0.134. The SMILES string of the molecule is C.Fc1cc2c3c(c1Cl)c1c(n3CC2)CCNCC1.O=C(O)/C=C\C(=O)O. The first-order valence-electron chi connectivity index (χ1n) is 8.25. The fourth-order valence-electron chi connectivity index (χ4n) is 3.61. The molecule has 2 aromatic rings. The van der Waals surface area contributed by atoms with Gasteiger partial charge in [0.25, 0.3) is 0 Å². The fourth-order valence-corrected chi connectivity index (χ4v) is 3.87. The van der Waals surface area contributed by atoms with Gasteiger partial charge in [-0.25, -0.2) is 14.0 Å². The van der Waals surface area contributed by atoms with Crippen molar-refractivity contribution >= 4 is 34.4 Å². The van der Waals surface area contributed by atoms with E-state index in [-0.39, 0.29) is 13.2 Å². The van der Waals surface area contributed by atoms with Crippen LogP contribution < -0.4 is 5.32 Å². The number of carboxylic acids is 2. The predicted octanol–water partition coefficient (Wildman–Crippen LogP) is 3.03. The Morgan fingerprint density at radius 2 is 1.78 bits per heavy atom. The van der Waals surface area contributed by atoms with Gasteiger partial charge in [0, 0.05) is 42.7 Å². The van der Waals surface area contributed by atoms with E-state index in [1.54, 1.807) is 6.07 Å². The summed E-state index contributed by atoms with van der Waals surface area (Å²) in [6.07, 6.45) is 4.01. The molecule has 6 nitrogen and oxygen atoms in total. The van der Waals surface area contributed by atoms with Crippen LogP contribution in [-0.2, 0) is 35.4 Å². The molecule has 2 aliphatic rings. The summed E-state index contributed by atoms with van der Waals surface area (Å²) in [6.45, 7) is 2.92. The summed E-state index contributed by atoms with van der Waals surface area (Å²) >= 11 is 6.22. The number of aromatic nitrogens is 1. The van der Waals surface area contributed by atoms with Crippen molar-refractivity contribution in [3.05, 3.63) is 45.9 Å². The van der Waals surface area contributed by atoms with E-state index in [0.717, 1.165) is 49.8 Å². The molecular formula is C19H22ClFN2O4. The van der Waals surface area contributed by atoms with Crippen molar-refractivity contribution < 1.29 is 24.2 Å². The summed E-state index contributed by atoms with van der Waals surface area (Å²) in [5.74, 6) is -2.78. The first-order valence-corrected chi connectivity index (χ1v) is 8.63. The molecular weight excluding hydrogens is 375 g/mol. The van der Waals surface area contributed by atoms with Gasteiger partial charge in [0.1, 0.15) is 5.82 Å². The van der Waals surface area contributed by atoms with Crippen LogP contribution in [0, 0.1) is 5.82 Å². The molecule has 146 valence electrons. The highest BCUT2D eigenvalue weighted by atomic mass is 35.5. The average Bonchev–Trinajstić information content (AvgIpc) is 3.02. The Kier molecular flexibility index (Phi) is 6.62. The largest absolute Gasteiger partial charge is 0.478 e. The van der Waals surface area contributed by atoms with Gasteiger partial charge in [-0.15, -0.1) is 0 Å². The smallest absolute Gasteiger partial charge is 0.328 e. The monoisotopic (exact) mass is 396 g/mol. The second-order valence-corrected chi connectivity index (χ2v) is 6.52. The molecule has 0 fully saturated rings. The lowest BCUT2D eigenvalue weighted by Crippen LogP contribution is -2.17. The minimum atomic E-state index is -1.26. The van der Waals surface area contributed by atoms with Crippen LogP contribution in [0.25, 0.3) is 10.9 Å². The van der Waals surface area contributed by atoms with Crippen LogP contribution in [0.4, 0.5) is 4.39 Å². The minimum Gasteiger partial charge on any atom is -0.478 e. The number of aliphatic carboxylic acids is 2. The number of benzene rings is 1. The zero-order valence-corrected chi connectivity index (χ0v) is 14.6. The van der Waals surface area contributed by atoms with Gasteiger partial charge < -0.3 is 20.1 Å². The molecule has 2 aliphatic heterocycles. The van der Waals surface area contributed by atoms with Crippen LogP contribution in [0.3, 0.4) is 0 Å². The Morgan fingerprint density at radius 1 is 1.15 bits per heavy atom. The Balaban J connectivity index is 0.000000252. The number of nitrogens with one attached hydrogen (secondary N) is 1. The quantitative estimate of drug-likeness (QED) is 0.679. The number of carboxylic acid groups (broad SMARTS) is 2. The third-order valence-corrected chi connectivity index (χ3v) is 4.95. The van der Waals surface area contributed by atoms with Gasteiger partial charge in [0.2, 0.25) is 0 Å². The van der Waals surface area contributed by atoms with Crippen molar-refractivity contribution in [3.8, 4) is 0 Å². The Bertz CT molecular complexity index is 905. The van der Waals surface area contributed by atoms with Gasteiger partial charge in [0.15, 0.2) is 0 Å². The first-order chi connectivity index (χ1) is 12.4. The number of halogens is 2. The number of fused-ring (bicyclic) bond motifs is 3. The summed E-state index contributed by atoms with van der Waals surface area (Å²) in [5.41, 5.74) is 4.93. The van der Waals surface area contributed by atoms with Crippen LogP contribution in [-0.4, -0.2) is 39.8 Å². The maximum absolute atomic E-state index is 13.9. The molecule has 1 aromatic heterocycles. The van der Waals surface area contributed by atoms with Crippen molar-refractivity contribution in [1.82, 2.24) is 9.88 Å². The summed E-state index contributed by atoms with van der Waals surface area (Å²) in [4.78, 5) is 19.1. The molecule has 27 heavy (non-hydrogen) atoms. The van der Waals surface area contributed by atoms with Crippen molar-refractivity contribution in [2.24, 2.45) is 0 Å². The van der Waals surface area contributed by atoms with Crippen LogP contribution >= 0.6 is 11.6 Å². The predicted molar refractivity (Wildman–Crippen MR) is 102 cm³/mol. The number of hydrogen-bond donors (Lipinski definition) is 3. The van der Waals surface area contributed by atoms with E-state index in [4.69, 9.17) is 21.8 Å². The molecule has 0 bridgehead atoms. The number of rotatable bonds is 2. The van der Waals surface area contributed by atoms with E-state index in [1.807, 2.05) is 0 Å². The second kappa shape index (κ2) is 8.54. The van der Waals surface area contributed by atoms with Crippen molar-refractivity contribution in [2.75, 3.05) is 13.1 Å². The highest BCUT2D eigenvalue weighted by molar-refractivity contribution is 6.36. The average molecular weight is 397 g/mol. The number of nitrogens with zero attached hydrogens (tertiary/aromatic N) is 1. The normalized spacial score (nSPS) is 14.9. The second-order valence-electron chi connectivity index (χ2n) is 6.14. The summed E-state index contributed by atoms with van der Waals surface area (Å²) < 4.78 is 16.3. The Morgan fingerprint density at radius 3 is 2.41 bits per heavy atom. The molecule has 0 spiro atoms. The number of aryl methyl sites for hydroxylation is 2. The molecule has 0 unspecified atom stereocenters. The van der Waals surface area contributed by atoms with Crippen LogP contribution in [0.2, 0.25) is 5.02 Å². The van der Waals surface area contributed by atoms with E-state index >= 15 is 0 Å². The van der Waals surface area contributed by atoms with Gasteiger partial charge in [-0.1, -0.05) is 19.0 Å². The first kappa shape index (κ1) is 20.9. The van der Waals surface area contributed by atoms with Gasteiger partial charge in [-0.3, -0.25) is 0 Å². The molecule has 3 heterocycles. The lowest BCUT2D eigenvalue weighted by atomic mass is 10.0. The van der Waals surface area contributed by atoms with Gasteiger partial charge >= 0.3 is 11.9 Å².